The van der Waals surface area contributed by atoms with Gasteiger partial charge in [-0.15, -0.1) is 12.4 Å². The third-order valence-electron chi connectivity index (χ3n) is 2.54. The van der Waals surface area contributed by atoms with E-state index in [2.05, 4.69) is 20.0 Å². The smallest absolute Gasteiger partial charge is 0.339 e. The number of rotatable bonds is 2. The normalized spacial score (nSPS) is 17.8. The number of nitrogens with one attached hydrogen (secondary N) is 1. The van der Waals surface area contributed by atoms with Gasteiger partial charge in [0.2, 0.25) is 5.89 Å². The van der Waals surface area contributed by atoms with Crippen LogP contribution in [0.3, 0.4) is 0 Å². The molecule has 0 atom stereocenters. The summed E-state index contributed by atoms with van der Waals surface area (Å²) in [5, 5.41) is 6.77. The highest BCUT2D eigenvalue weighted by Gasteiger charge is 2.32. The Kier molecular flexibility index (Phi) is 4.76. The maximum Gasteiger partial charge on any atom is 0.397 e. The van der Waals surface area contributed by atoms with Crippen LogP contribution in [-0.2, 0) is 6.42 Å². The lowest BCUT2D eigenvalue weighted by molar-refractivity contribution is -0.131. The number of aromatic nitrogens is 2. The van der Waals surface area contributed by atoms with Crippen molar-refractivity contribution in [2.75, 3.05) is 13.1 Å². The predicted octanol–water partition coefficient (Wildman–Crippen LogP) is 2.06. The van der Waals surface area contributed by atoms with Crippen LogP contribution in [0.5, 0.6) is 0 Å². The van der Waals surface area contributed by atoms with E-state index in [9.17, 15) is 13.2 Å². The fourth-order valence-corrected chi connectivity index (χ4v) is 1.76. The Bertz CT molecular complexity index is 350. The Morgan fingerprint density at radius 2 is 1.94 bits per heavy atom. The van der Waals surface area contributed by atoms with Crippen LogP contribution in [0.15, 0.2) is 4.52 Å². The van der Waals surface area contributed by atoms with Crippen molar-refractivity contribution in [2.24, 2.45) is 0 Å². The SMILES string of the molecule is Cl.FC(F)(F)Cc1nc(C2CCNCC2)no1. The molecule has 98 valence electrons. The molecule has 8 heteroatoms. The van der Waals surface area contributed by atoms with Crippen molar-refractivity contribution >= 4 is 12.4 Å². The Morgan fingerprint density at radius 1 is 1.29 bits per heavy atom. The molecular formula is C9H13ClF3N3O. The predicted molar refractivity (Wildman–Crippen MR) is 56.1 cm³/mol. The first kappa shape index (κ1) is 14.2. The molecule has 0 aromatic carbocycles. The van der Waals surface area contributed by atoms with Crippen LogP contribution in [0, 0.1) is 0 Å². The van der Waals surface area contributed by atoms with Crippen molar-refractivity contribution in [3.8, 4) is 0 Å². The van der Waals surface area contributed by atoms with Crippen LogP contribution in [-0.4, -0.2) is 29.4 Å². The zero-order valence-corrected chi connectivity index (χ0v) is 9.77. The first-order chi connectivity index (χ1) is 7.54. The van der Waals surface area contributed by atoms with Crippen LogP contribution in [0.2, 0.25) is 0 Å². The molecule has 4 nitrogen and oxygen atoms in total. The zero-order valence-electron chi connectivity index (χ0n) is 8.96. The van der Waals surface area contributed by atoms with E-state index in [4.69, 9.17) is 0 Å². The molecular weight excluding hydrogens is 259 g/mol. The van der Waals surface area contributed by atoms with E-state index >= 15 is 0 Å². The molecule has 1 N–H and O–H groups in total. The largest absolute Gasteiger partial charge is 0.397 e. The van der Waals surface area contributed by atoms with E-state index in [-0.39, 0.29) is 24.2 Å². The van der Waals surface area contributed by atoms with E-state index in [0.29, 0.717) is 5.82 Å². The van der Waals surface area contributed by atoms with Gasteiger partial charge in [-0.2, -0.15) is 18.2 Å². The fourth-order valence-electron chi connectivity index (χ4n) is 1.76. The molecule has 1 aliphatic heterocycles. The number of piperidine rings is 1. The highest BCUT2D eigenvalue weighted by molar-refractivity contribution is 5.85. The topological polar surface area (TPSA) is 51.0 Å². The van der Waals surface area contributed by atoms with E-state index < -0.39 is 12.6 Å². The van der Waals surface area contributed by atoms with Gasteiger partial charge in [-0.05, 0) is 25.9 Å². The summed E-state index contributed by atoms with van der Waals surface area (Å²) < 4.78 is 40.8. The minimum absolute atomic E-state index is 0. The van der Waals surface area contributed by atoms with Crippen LogP contribution in [0.25, 0.3) is 0 Å². The van der Waals surface area contributed by atoms with Crippen molar-refractivity contribution in [3.05, 3.63) is 11.7 Å². The summed E-state index contributed by atoms with van der Waals surface area (Å²) in [5.74, 6) is 0.175. The second-order valence-corrected chi connectivity index (χ2v) is 3.86. The van der Waals surface area contributed by atoms with Gasteiger partial charge >= 0.3 is 6.18 Å². The standard InChI is InChI=1S/C9H12F3N3O.ClH/c10-9(11,12)5-7-14-8(15-16-7)6-1-3-13-4-2-6;/h6,13H,1-5H2;1H. The molecule has 17 heavy (non-hydrogen) atoms. The third kappa shape index (κ3) is 4.16. The lowest BCUT2D eigenvalue weighted by Crippen LogP contribution is -2.27. The Labute approximate surface area is 102 Å². The second kappa shape index (κ2) is 5.68. The summed E-state index contributed by atoms with van der Waals surface area (Å²) in [6.45, 7) is 1.68. The molecule has 1 aromatic heterocycles. The lowest BCUT2D eigenvalue weighted by Gasteiger charge is -2.18. The van der Waals surface area contributed by atoms with Gasteiger partial charge in [-0.3, -0.25) is 0 Å². The minimum atomic E-state index is -4.29. The molecule has 0 radical (unpaired) electrons. The van der Waals surface area contributed by atoms with Gasteiger partial charge in [0.1, 0.15) is 6.42 Å². The van der Waals surface area contributed by atoms with Crippen molar-refractivity contribution < 1.29 is 17.7 Å². The Morgan fingerprint density at radius 3 is 2.53 bits per heavy atom. The van der Waals surface area contributed by atoms with Crippen LogP contribution in [0.4, 0.5) is 13.2 Å². The zero-order chi connectivity index (χ0) is 11.6. The van der Waals surface area contributed by atoms with Crippen molar-refractivity contribution in [1.29, 1.82) is 0 Å². The minimum Gasteiger partial charge on any atom is -0.339 e. The van der Waals surface area contributed by atoms with E-state index in [1.807, 2.05) is 0 Å². The number of alkyl halides is 3. The third-order valence-corrected chi connectivity index (χ3v) is 2.54. The molecule has 2 heterocycles. The molecule has 2 rings (SSSR count). The molecule has 0 bridgehead atoms. The van der Waals surface area contributed by atoms with E-state index in [1.54, 1.807) is 0 Å². The Balaban J connectivity index is 0.00000144. The summed E-state index contributed by atoms with van der Waals surface area (Å²) in [5.41, 5.74) is 0. The van der Waals surface area contributed by atoms with Crippen molar-refractivity contribution in [1.82, 2.24) is 15.5 Å². The summed E-state index contributed by atoms with van der Waals surface area (Å²) in [7, 11) is 0. The highest BCUT2D eigenvalue weighted by atomic mass is 35.5. The van der Waals surface area contributed by atoms with Gasteiger partial charge in [-0.25, -0.2) is 0 Å². The van der Waals surface area contributed by atoms with E-state index in [1.165, 1.54) is 0 Å². The molecule has 0 saturated carbocycles. The lowest BCUT2D eigenvalue weighted by atomic mass is 9.98. The average Bonchev–Trinajstić information content (AvgIpc) is 2.65. The number of hydrogen-bond donors (Lipinski definition) is 1. The second-order valence-electron chi connectivity index (χ2n) is 3.86. The van der Waals surface area contributed by atoms with Gasteiger partial charge in [0, 0.05) is 5.92 Å². The molecule has 0 amide bonds. The van der Waals surface area contributed by atoms with Gasteiger partial charge in [0.25, 0.3) is 0 Å². The molecule has 1 saturated heterocycles. The molecule has 1 aromatic rings. The number of hydrogen-bond acceptors (Lipinski definition) is 4. The molecule has 0 unspecified atom stereocenters. The van der Waals surface area contributed by atoms with Gasteiger partial charge in [0.05, 0.1) is 0 Å². The average molecular weight is 272 g/mol. The Hall–Kier alpha value is -0.820. The number of halogens is 4. The highest BCUT2D eigenvalue weighted by Crippen LogP contribution is 2.25. The van der Waals surface area contributed by atoms with Crippen LogP contribution in [0.1, 0.15) is 30.5 Å². The molecule has 1 aliphatic rings. The first-order valence-electron chi connectivity index (χ1n) is 5.14. The summed E-state index contributed by atoms with van der Waals surface area (Å²) in [6.07, 6.45) is -3.77. The first-order valence-corrected chi connectivity index (χ1v) is 5.14. The summed E-state index contributed by atoms with van der Waals surface area (Å²) >= 11 is 0. The molecule has 0 spiro atoms. The maximum absolute atomic E-state index is 12.1. The quantitative estimate of drug-likeness (QED) is 0.895. The van der Waals surface area contributed by atoms with E-state index in [0.717, 1.165) is 25.9 Å². The number of nitrogens with zero attached hydrogens (tertiary/aromatic N) is 2. The van der Waals surface area contributed by atoms with Gasteiger partial charge < -0.3 is 9.84 Å². The van der Waals surface area contributed by atoms with Crippen molar-refractivity contribution in [2.45, 2.75) is 31.4 Å². The summed E-state index contributed by atoms with van der Waals surface area (Å²) in [6, 6.07) is 0. The summed E-state index contributed by atoms with van der Waals surface area (Å²) in [4.78, 5) is 3.79. The monoisotopic (exact) mass is 271 g/mol. The van der Waals surface area contributed by atoms with Gasteiger partial charge in [0.15, 0.2) is 5.82 Å². The van der Waals surface area contributed by atoms with Crippen LogP contribution >= 0.6 is 12.4 Å². The van der Waals surface area contributed by atoms with Crippen LogP contribution < -0.4 is 5.32 Å². The maximum atomic E-state index is 12.1. The molecule has 0 aliphatic carbocycles. The van der Waals surface area contributed by atoms with Crippen molar-refractivity contribution in [3.63, 3.8) is 0 Å². The fraction of sp³-hybridized carbons (Fsp3) is 0.778. The molecule has 1 fully saturated rings. The van der Waals surface area contributed by atoms with Gasteiger partial charge in [-0.1, -0.05) is 5.16 Å².